The highest BCUT2D eigenvalue weighted by Crippen LogP contribution is 2.23. The van der Waals surface area contributed by atoms with Gasteiger partial charge in [0.25, 0.3) is 0 Å². The summed E-state index contributed by atoms with van der Waals surface area (Å²) in [6, 6.07) is 10.2. The predicted octanol–water partition coefficient (Wildman–Crippen LogP) is 2.13. The van der Waals surface area contributed by atoms with Crippen LogP contribution in [0.15, 0.2) is 24.3 Å². The molecular formula is C15H21N3. The Kier molecular flexibility index (Phi) is 4.00. The molecule has 0 amide bonds. The van der Waals surface area contributed by atoms with Crippen LogP contribution >= 0.6 is 0 Å². The summed E-state index contributed by atoms with van der Waals surface area (Å²) >= 11 is 0. The molecule has 3 heteroatoms. The molecule has 18 heavy (non-hydrogen) atoms. The van der Waals surface area contributed by atoms with Crippen molar-refractivity contribution in [3.05, 3.63) is 35.4 Å². The molecule has 96 valence electrons. The van der Waals surface area contributed by atoms with Gasteiger partial charge >= 0.3 is 0 Å². The number of rotatable bonds is 3. The van der Waals surface area contributed by atoms with E-state index >= 15 is 0 Å². The Hall–Kier alpha value is -1.37. The van der Waals surface area contributed by atoms with Gasteiger partial charge in [-0.15, -0.1) is 0 Å². The van der Waals surface area contributed by atoms with E-state index < -0.39 is 0 Å². The molecule has 1 aliphatic rings. The molecule has 0 unspecified atom stereocenters. The Morgan fingerprint density at radius 1 is 1.33 bits per heavy atom. The van der Waals surface area contributed by atoms with Crippen LogP contribution < -0.4 is 5.32 Å². The van der Waals surface area contributed by atoms with Crippen molar-refractivity contribution in [2.24, 2.45) is 0 Å². The standard InChI is InChI=1S/C15H21N3/c1-15(17-2)7-9-18(10-8-15)12-14-6-4-3-5-13(14)11-16/h3-6,17H,7-10,12H2,1-2H3. The second-order valence-electron chi connectivity index (χ2n) is 5.36. The van der Waals surface area contributed by atoms with Gasteiger partial charge in [-0.25, -0.2) is 0 Å². The molecule has 0 bridgehead atoms. The monoisotopic (exact) mass is 243 g/mol. The maximum atomic E-state index is 9.09. The zero-order valence-electron chi connectivity index (χ0n) is 11.2. The predicted molar refractivity (Wildman–Crippen MR) is 73.1 cm³/mol. The summed E-state index contributed by atoms with van der Waals surface area (Å²) in [5.74, 6) is 0. The lowest BCUT2D eigenvalue weighted by atomic mass is 9.89. The van der Waals surface area contributed by atoms with E-state index in [0.29, 0.717) is 0 Å². The lowest BCUT2D eigenvalue weighted by Gasteiger charge is -2.39. The minimum Gasteiger partial charge on any atom is -0.314 e. The molecule has 2 rings (SSSR count). The molecule has 1 saturated heterocycles. The van der Waals surface area contributed by atoms with Crippen LogP contribution in [0, 0.1) is 11.3 Å². The van der Waals surface area contributed by atoms with Gasteiger partial charge in [0.05, 0.1) is 11.6 Å². The highest BCUT2D eigenvalue weighted by molar-refractivity contribution is 5.37. The van der Waals surface area contributed by atoms with Gasteiger partial charge in [0, 0.05) is 25.2 Å². The number of nitrogens with one attached hydrogen (secondary N) is 1. The van der Waals surface area contributed by atoms with Crippen LogP contribution in [0.2, 0.25) is 0 Å². The SMILES string of the molecule is CNC1(C)CCN(Cc2ccccc2C#N)CC1. The first-order valence-corrected chi connectivity index (χ1v) is 6.56. The molecule has 0 atom stereocenters. The number of piperidine rings is 1. The van der Waals surface area contributed by atoms with Gasteiger partial charge in [-0.05, 0) is 38.4 Å². The minimum absolute atomic E-state index is 0.283. The van der Waals surface area contributed by atoms with E-state index in [0.717, 1.165) is 43.6 Å². The third kappa shape index (κ3) is 2.90. The average Bonchev–Trinajstić information content (AvgIpc) is 2.42. The second-order valence-corrected chi connectivity index (χ2v) is 5.36. The number of nitrogens with zero attached hydrogens (tertiary/aromatic N) is 2. The van der Waals surface area contributed by atoms with Crippen molar-refractivity contribution in [1.29, 1.82) is 5.26 Å². The van der Waals surface area contributed by atoms with Crippen molar-refractivity contribution in [2.75, 3.05) is 20.1 Å². The molecule has 0 aromatic heterocycles. The van der Waals surface area contributed by atoms with Gasteiger partial charge in [-0.2, -0.15) is 5.26 Å². The third-order valence-corrected chi connectivity index (χ3v) is 4.09. The van der Waals surface area contributed by atoms with Crippen LogP contribution in [0.4, 0.5) is 0 Å². The molecule has 0 aliphatic carbocycles. The van der Waals surface area contributed by atoms with E-state index in [1.54, 1.807) is 0 Å². The third-order valence-electron chi connectivity index (χ3n) is 4.09. The maximum absolute atomic E-state index is 9.09. The molecule has 1 fully saturated rings. The molecule has 3 nitrogen and oxygen atoms in total. The summed E-state index contributed by atoms with van der Waals surface area (Å²) in [5, 5.41) is 12.5. The van der Waals surface area contributed by atoms with Crippen molar-refractivity contribution in [3.8, 4) is 6.07 Å². The number of likely N-dealkylation sites (tertiary alicyclic amines) is 1. The highest BCUT2D eigenvalue weighted by Gasteiger charge is 2.28. The molecule has 0 radical (unpaired) electrons. The van der Waals surface area contributed by atoms with Crippen LogP contribution in [0.3, 0.4) is 0 Å². The minimum atomic E-state index is 0.283. The summed E-state index contributed by atoms with van der Waals surface area (Å²) in [6.45, 7) is 5.37. The maximum Gasteiger partial charge on any atom is 0.0995 e. The van der Waals surface area contributed by atoms with Gasteiger partial charge in [0.15, 0.2) is 0 Å². The first-order valence-electron chi connectivity index (χ1n) is 6.56. The second kappa shape index (κ2) is 5.51. The van der Waals surface area contributed by atoms with E-state index in [-0.39, 0.29) is 5.54 Å². The first kappa shape index (κ1) is 13.1. The van der Waals surface area contributed by atoms with E-state index in [9.17, 15) is 0 Å². The van der Waals surface area contributed by atoms with Crippen LogP contribution in [-0.2, 0) is 6.54 Å². The lowest BCUT2D eigenvalue weighted by molar-refractivity contribution is 0.146. The number of nitriles is 1. The Balaban J connectivity index is 1.98. The van der Waals surface area contributed by atoms with Gasteiger partial charge < -0.3 is 5.32 Å². The van der Waals surface area contributed by atoms with Crippen LogP contribution in [-0.4, -0.2) is 30.6 Å². The zero-order valence-corrected chi connectivity index (χ0v) is 11.2. The number of hydrogen-bond acceptors (Lipinski definition) is 3. The molecule has 0 saturated carbocycles. The molecular weight excluding hydrogens is 222 g/mol. The average molecular weight is 243 g/mol. The Morgan fingerprint density at radius 2 is 2.00 bits per heavy atom. The summed E-state index contributed by atoms with van der Waals surface area (Å²) in [5.41, 5.74) is 2.23. The van der Waals surface area contributed by atoms with Crippen molar-refractivity contribution in [2.45, 2.75) is 31.8 Å². The molecule has 1 heterocycles. The topological polar surface area (TPSA) is 39.1 Å². The van der Waals surface area contributed by atoms with Crippen molar-refractivity contribution in [3.63, 3.8) is 0 Å². The summed E-state index contributed by atoms with van der Waals surface area (Å²) < 4.78 is 0. The Bertz CT molecular complexity index is 439. The normalized spacial score (nSPS) is 19.4. The summed E-state index contributed by atoms with van der Waals surface area (Å²) in [6.07, 6.45) is 2.33. The van der Waals surface area contributed by atoms with Gasteiger partial charge in [-0.3, -0.25) is 4.90 Å². The fourth-order valence-electron chi connectivity index (χ4n) is 2.46. The molecule has 0 spiro atoms. The van der Waals surface area contributed by atoms with Gasteiger partial charge in [0.1, 0.15) is 0 Å². The molecule has 1 aromatic carbocycles. The Morgan fingerprint density at radius 3 is 2.61 bits per heavy atom. The van der Waals surface area contributed by atoms with Crippen LogP contribution in [0.5, 0.6) is 0 Å². The smallest absolute Gasteiger partial charge is 0.0995 e. The highest BCUT2D eigenvalue weighted by atomic mass is 15.1. The van der Waals surface area contributed by atoms with E-state index in [4.69, 9.17) is 5.26 Å². The van der Waals surface area contributed by atoms with E-state index in [1.807, 2.05) is 25.2 Å². The number of benzene rings is 1. The quantitative estimate of drug-likeness (QED) is 0.884. The molecule has 1 aliphatic heterocycles. The van der Waals surface area contributed by atoms with Crippen molar-refractivity contribution in [1.82, 2.24) is 10.2 Å². The van der Waals surface area contributed by atoms with E-state index in [1.165, 1.54) is 0 Å². The fraction of sp³-hybridized carbons (Fsp3) is 0.533. The lowest BCUT2D eigenvalue weighted by Crippen LogP contribution is -2.49. The summed E-state index contributed by atoms with van der Waals surface area (Å²) in [4.78, 5) is 2.44. The fourth-order valence-corrected chi connectivity index (χ4v) is 2.46. The molecule has 1 aromatic rings. The zero-order chi connectivity index (χ0) is 13.0. The first-order chi connectivity index (χ1) is 8.67. The van der Waals surface area contributed by atoms with E-state index in [2.05, 4.69) is 29.3 Å². The largest absolute Gasteiger partial charge is 0.314 e. The molecule has 1 N–H and O–H groups in total. The number of hydrogen-bond donors (Lipinski definition) is 1. The van der Waals surface area contributed by atoms with Crippen LogP contribution in [0.25, 0.3) is 0 Å². The Labute approximate surface area is 109 Å². The van der Waals surface area contributed by atoms with Gasteiger partial charge in [-0.1, -0.05) is 18.2 Å². The summed E-state index contributed by atoms with van der Waals surface area (Å²) in [7, 11) is 2.04. The van der Waals surface area contributed by atoms with Crippen molar-refractivity contribution >= 4 is 0 Å². The van der Waals surface area contributed by atoms with Crippen LogP contribution in [0.1, 0.15) is 30.9 Å². The van der Waals surface area contributed by atoms with Gasteiger partial charge in [0.2, 0.25) is 0 Å². The van der Waals surface area contributed by atoms with Crippen molar-refractivity contribution < 1.29 is 0 Å².